The summed E-state index contributed by atoms with van der Waals surface area (Å²) >= 11 is 0. The zero-order chi connectivity index (χ0) is 15.9. The third kappa shape index (κ3) is 4.11. The zero-order valence-corrected chi connectivity index (χ0v) is 13.1. The molecule has 0 fully saturated rings. The van der Waals surface area contributed by atoms with Gasteiger partial charge in [-0.3, -0.25) is 0 Å². The highest BCUT2D eigenvalue weighted by atomic mass is 15.3. The summed E-state index contributed by atoms with van der Waals surface area (Å²) in [5.74, 6) is 0.808. The molecule has 3 aromatic rings. The molecule has 0 aliphatic heterocycles. The maximum absolute atomic E-state index is 4.39. The summed E-state index contributed by atoms with van der Waals surface area (Å²) in [6, 6.07) is 14.3. The van der Waals surface area contributed by atoms with Gasteiger partial charge in [0.25, 0.3) is 0 Å². The summed E-state index contributed by atoms with van der Waals surface area (Å²) in [7, 11) is 0. The molecule has 0 amide bonds. The van der Waals surface area contributed by atoms with Gasteiger partial charge in [-0.2, -0.15) is 5.10 Å². The van der Waals surface area contributed by atoms with Gasteiger partial charge >= 0.3 is 0 Å². The Morgan fingerprint density at radius 1 is 1.17 bits per heavy atom. The quantitative estimate of drug-likeness (QED) is 0.761. The van der Waals surface area contributed by atoms with E-state index in [2.05, 4.69) is 45.5 Å². The monoisotopic (exact) mass is 305 g/mol. The number of benzene rings is 1. The third-order valence-electron chi connectivity index (χ3n) is 3.44. The predicted molar refractivity (Wildman–Crippen MR) is 91.0 cm³/mol. The molecule has 0 aliphatic rings. The average molecular weight is 305 g/mol. The van der Waals surface area contributed by atoms with Crippen molar-refractivity contribution in [2.45, 2.75) is 13.5 Å². The molecule has 5 heteroatoms. The molecule has 0 unspecified atom stereocenters. The van der Waals surface area contributed by atoms with Crippen molar-refractivity contribution in [1.29, 1.82) is 0 Å². The predicted octanol–water partition coefficient (Wildman–Crippen LogP) is 2.86. The number of aromatic nitrogens is 4. The molecule has 23 heavy (non-hydrogen) atoms. The van der Waals surface area contributed by atoms with Gasteiger partial charge in [-0.1, -0.05) is 48.0 Å². The third-order valence-corrected chi connectivity index (χ3v) is 3.44. The number of nitrogens with one attached hydrogen (secondary N) is 1. The van der Waals surface area contributed by atoms with Gasteiger partial charge in [0.15, 0.2) is 5.82 Å². The number of hydrogen-bond acceptors (Lipinski definition) is 4. The summed E-state index contributed by atoms with van der Waals surface area (Å²) in [4.78, 5) is 8.37. The van der Waals surface area contributed by atoms with Crippen LogP contribution in [0.15, 0.2) is 66.9 Å². The number of pyridine rings is 1. The Balaban J connectivity index is 1.62. The highest BCUT2D eigenvalue weighted by Crippen LogP contribution is 2.10. The van der Waals surface area contributed by atoms with Crippen LogP contribution in [0.4, 0.5) is 0 Å². The van der Waals surface area contributed by atoms with Crippen molar-refractivity contribution in [2.75, 3.05) is 6.54 Å². The second kappa shape index (κ2) is 7.47. The minimum Gasteiger partial charge on any atom is -0.309 e. The molecule has 2 heterocycles. The number of rotatable bonds is 6. The lowest BCUT2D eigenvalue weighted by molar-refractivity contribution is 0.722. The van der Waals surface area contributed by atoms with Crippen LogP contribution in [-0.4, -0.2) is 26.3 Å². The van der Waals surface area contributed by atoms with Crippen molar-refractivity contribution < 1.29 is 0 Å². The van der Waals surface area contributed by atoms with E-state index in [0.29, 0.717) is 0 Å². The van der Waals surface area contributed by atoms with Crippen LogP contribution in [0.2, 0.25) is 0 Å². The normalized spacial score (nSPS) is 11.6. The van der Waals surface area contributed by atoms with Gasteiger partial charge in [0.05, 0.1) is 0 Å². The number of hydrogen-bond donors (Lipinski definition) is 1. The number of nitrogens with zero attached hydrogens (tertiary/aromatic N) is 4. The first-order valence-corrected chi connectivity index (χ1v) is 7.55. The fourth-order valence-electron chi connectivity index (χ4n) is 2.37. The summed E-state index contributed by atoms with van der Waals surface area (Å²) in [5, 5.41) is 7.60. The lowest BCUT2D eigenvalue weighted by Crippen LogP contribution is -2.17. The molecule has 1 N–H and O–H groups in total. The molecule has 0 spiro atoms. The molecule has 0 radical (unpaired) electrons. The molecule has 5 nitrogen and oxygen atoms in total. The van der Waals surface area contributed by atoms with Gasteiger partial charge in [0.1, 0.15) is 12.7 Å². The standard InChI is InChI=1S/C18H19N5/c1-15(10-16-6-3-2-4-7-16)11-19-12-17-8-5-9-21-18(17)23-14-20-13-22-23/h2-10,13-14,19H,11-12H2,1H3/b15-10-. The van der Waals surface area contributed by atoms with Gasteiger partial charge in [0, 0.05) is 24.8 Å². The van der Waals surface area contributed by atoms with E-state index in [0.717, 1.165) is 24.5 Å². The van der Waals surface area contributed by atoms with Crippen molar-refractivity contribution in [2.24, 2.45) is 0 Å². The first kappa shape index (κ1) is 15.1. The van der Waals surface area contributed by atoms with E-state index >= 15 is 0 Å². The van der Waals surface area contributed by atoms with Gasteiger partial charge in [0.2, 0.25) is 0 Å². The van der Waals surface area contributed by atoms with Gasteiger partial charge in [-0.05, 0) is 18.6 Å². The Morgan fingerprint density at radius 3 is 2.83 bits per heavy atom. The lowest BCUT2D eigenvalue weighted by Gasteiger charge is -2.09. The second-order valence-corrected chi connectivity index (χ2v) is 5.33. The molecule has 0 aliphatic carbocycles. The molecule has 2 aromatic heterocycles. The van der Waals surface area contributed by atoms with Crippen LogP contribution in [0.25, 0.3) is 11.9 Å². The summed E-state index contributed by atoms with van der Waals surface area (Å²) in [6.45, 7) is 3.67. The van der Waals surface area contributed by atoms with Crippen LogP contribution in [0.5, 0.6) is 0 Å². The highest BCUT2D eigenvalue weighted by Gasteiger charge is 2.05. The Labute approximate surface area is 135 Å². The van der Waals surface area contributed by atoms with Crippen molar-refractivity contribution in [3.05, 3.63) is 78.0 Å². The fraction of sp³-hybridized carbons (Fsp3) is 0.167. The summed E-state index contributed by atoms with van der Waals surface area (Å²) < 4.78 is 1.68. The second-order valence-electron chi connectivity index (χ2n) is 5.33. The minimum absolute atomic E-state index is 0.725. The maximum atomic E-state index is 4.39. The average Bonchev–Trinajstić information content (AvgIpc) is 3.10. The summed E-state index contributed by atoms with van der Waals surface area (Å²) in [5.41, 5.74) is 3.59. The van der Waals surface area contributed by atoms with Crippen molar-refractivity contribution in [3.8, 4) is 5.82 Å². The van der Waals surface area contributed by atoms with Crippen molar-refractivity contribution >= 4 is 6.08 Å². The van der Waals surface area contributed by atoms with Crippen molar-refractivity contribution in [3.63, 3.8) is 0 Å². The zero-order valence-electron chi connectivity index (χ0n) is 13.1. The SMILES string of the molecule is C/C(=C/c1ccccc1)CNCc1cccnc1-n1cncn1. The molecule has 116 valence electrons. The van der Waals surface area contributed by atoms with E-state index in [1.807, 2.05) is 30.3 Å². The molecular formula is C18H19N5. The Kier molecular flexibility index (Phi) is 4.91. The molecule has 0 saturated heterocycles. The van der Waals surface area contributed by atoms with E-state index in [4.69, 9.17) is 0 Å². The van der Waals surface area contributed by atoms with Crippen LogP contribution in [0.3, 0.4) is 0 Å². The van der Waals surface area contributed by atoms with Crippen LogP contribution in [0, 0.1) is 0 Å². The Hall–Kier alpha value is -2.79. The van der Waals surface area contributed by atoms with Gasteiger partial charge in [-0.25, -0.2) is 14.6 Å². The molecule has 0 atom stereocenters. The lowest BCUT2D eigenvalue weighted by atomic mass is 10.1. The smallest absolute Gasteiger partial charge is 0.159 e. The topological polar surface area (TPSA) is 55.6 Å². The molecule has 3 rings (SSSR count). The molecule has 0 bridgehead atoms. The Bertz CT molecular complexity index is 763. The fourth-order valence-corrected chi connectivity index (χ4v) is 2.37. The first-order valence-electron chi connectivity index (χ1n) is 7.55. The van der Waals surface area contributed by atoms with Crippen molar-refractivity contribution in [1.82, 2.24) is 25.1 Å². The highest BCUT2D eigenvalue weighted by molar-refractivity contribution is 5.52. The van der Waals surface area contributed by atoms with Crippen LogP contribution in [-0.2, 0) is 6.54 Å². The minimum atomic E-state index is 0.725. The molecule has 1 aromatic carbocycles. The largest absolute Gasteiger partial charge is 0.309 e. The van der Waals surface area contributed by atoms with Crippen LogP contribution < -0.4 is 5.32 Å². The molecule has 0 saturated carbocycles. The van der Waals surface area contributed by atoms with Gasteiger partial charge in [-0.15, -0.1) is 0 Å². The van der Waals surface area contributed by atoms with Gasteiger partial charge < -0.3 is 5.32 Å². The van der Waals surface area contributed by atoms with Crippen LogP contribution >= 0.6 is 0 Å². The van der Waals surface area contributed by atoms with E-state index in [1.54, 1.807) is 17.2 Å². The van der Waals surface area contributed by atoms with E-state index < -0.39 is 0 Å². The summed E-state index contributed by atoms with van der Waals surface area (Å²) in [6.07, 6.45) is 7.13. The van der Waals surface area contributed by atoms with Crippen LogP contribution in [0.1, 0.15) is 18.1 Å². The first-order chi connectivity index (χ1) is 11.3. The molecular weight excluding hydrogens is 286 g/mol. The maximum Gasteiger partial charge on any atom is 0.159 e. The van der Waals surface area contributed by atoms with E-state index in [-0.39, 0.29) is 0 Å². The Morgan fingerprint density at radius 2 is 2.04 bits per heavy atom. The van der Waals surface area contributed by atoms with E-state index in [1.165, 1.54) is 17.5 Å². The van der Waals surface area contributed by atoms with E-state index in [9.17, 15) is 0 Å².